The molecule has 1 aliphatic heterocycles. The fourth-order valence-electron chi connectivity index (χ4n) is 4.70. The van der Waals surface area contributed by atoms with Crippen LogP contribution in [0.25, 0.3) is 22.3 Å². The smallest absolute Gasteiger partial charge is 0.254 e. The van der Waals surface area contributed by atoms with E-state index in [0.717, 1.165) is 35.1 Å². The highest BCUT2D eigenvalue weighted by Crippen LogP contribution is 2.34. The van der Waals surface area contributed by atoms with E-state index in [4.69, 9.17) is 11.6 Å². The van der Waals surface area contributed by atoms with Crippen LogP contribution in [0.4, 0.5) is 0 Å². The van der Waals surface area contributed by atoms with Gasteiger partial charge in [0.25, 0.3) is 5.91 Å². The number of likely N-dealkylation sites (tertiary alicyclic amines) is 1. The van der Waals surface area contributed by atoms with Crippen molar-refractivity contribution in [1.29, 1.82) is 0 Å². The molecule has 4 nitrogen and oxygen atoms in total. The van der Waals surface area contributed by atoms with Gasteiger partial charge in [0, 0.05) is 46.2 Å². The molecule has 0 unspecified atom stereocenters. The van der Waals surface area contributed by atoms with Crippen molar-refractivity contribution in [1.82, 2.24) is 9.88 Å². The molecule has 3 aromatic rings. The number of aromatic nitrogens is 1. The molecule has 2 aromatic carbocycles. The number of carbonyl (C=O) groups is 1. The number of pyridine rings is 1. The van der Waals surface area contributed by atoms with Crippen LogP contribution in [0, 0.1) is 0 Å². The summed E-state index contributed by atoms with van der Waals surface area (Å²) in [7, 11) is 0. The maximum Gasteiger partial charge on any atom is 0.254 e. The van der Waals surface area contributed by atoms with Gasteiger partial charge in [-0.2, -0.15) is 0 Å². The summed E-state index contributed by atoms with van der Waals surface area (Å²) in [6.07, 6.45) is 5.35. The van der Waals surface area contributed by atoms with Gasteiger partial charge < -0.3 is 10.0 Å². The topological polar surface area (TPSA) is 53.4 Å². The van der Waals surface area contributed by atoms with Gasteiger partial charge in [-0.3, -0.25) is 9.78 Å². The van der Waals surface area contributed by atoms with Crippen LogP contribution < -0.4 is 0 Å². The van der Waals surface area contributed by atoms with Gasteiger partial charge in [-0.25, -0.2) is 0 Å². The molecular formula is C29H33ClN2O2. The molecule has 1 N–H and O–H groups in total. The normalized spacial score (nSPS) is 16.7. The molecular weight excluding hydrogens is 444 g/mol. The summed E-state index contributed by atoms with van der Waals surface area (Å²) < 4.78 is 0. The van der Waals surface area contributed by atoms with Gasteiger partial charge in [-0.1, -0.05) is 62.7 Å². The van der Waals surface area contributed by atoms with Crippen molar-refractivity contribution in [2.75, 3.05) is 6.54 Å². The Labute approximate surface area is 207 Å². The summed E-state index contributed by atoms with van der Waals surface area (Å²) in [5, 5.41) is 11.0. The van der Waals surface area contributed by atoms with E-state index in [-0.39, 0.29) is 17.4 Å². The minimum atomic E-state index is -0.938. The molecule has 0 saturated carbocycles. The van der Waals surface area contributed by atoms with Crippen LogP contribution in [-0.4, -0.2) is 39.1 Å². The van der Waals surface area contributed by atoms with Gasteiger partial charge in [-0.15, -0.1) is 0 Å². The second kappa shape index (κ2) is 9.16. The monoisotopic (exact) mass is 476 g/mol. The Balaban J connectivity index is 1.63. The molecule has 1 aromatic heterocycles. The highest BCUT2D eigenvalue weighted by Gasteiger charge is 2.38. The van der Waals surface area contributed by atoms with E-state index in [1.165, 1.54) is 5.56 Å². The Morgan fingerprint density at radius 2 is 1.74 bits per heavy atom. The Kier molecular flexibility index (Phi) is 6.58. The minimum Gasteiger partial charge on any atom is -0.388 e. The summed E-state index contributed by atoms with van der Waals surface area (Å²) in [5.41, 5.74) is 4.78. The Morgan fingerprint density at radius 1 is 1.00 bits per heavy atom. The summed E-state index contributed by atoms with van der Waals surface area (Å²) in [4.78, 5) is 19.4. The largest absolute Gasteiger partial charge is 0.388 e. The lowest BCUT2D eigenvalue weighted by Gasteiger charge is -2.34. The van der Waals surface area contributed by atoms with Crippen molar-refractivity contribution >= 4 is 17.5 Å². The van der Waals surface area contributed by atoms with Crippen molar-refractivity contribution in [2.24, 2.45) is 0 Å². The fraction of sp³-hybridized carbons (Fsp3) is 0.379. The number of halogens is 1. The first kappa shape index (κ1) is 24.4. The first-order valence-electron chi connectivity index (χ1n) is 11.8. The number of carbonyl (C=O) groups excluding carboxylic acids is 1. The average molecular weight is 477 g/mol. The lowest BCUT2D eigenvalue weighted by atomic mass is 9.85. The summed E-state index contributed by atoms with van der Waals surface area (Å²) in [6, 6.07) is 15.9. The number of aliphatic hydroxyl groups is 1. The van der Waals surface area contributed by atoms with Gasteiger partial charge in [-0.05, 0) is 61.4 Å². The zero-order valence-corrected chi connectivity index (χ0v) is 21.4. The van der Waals surface area contributed by atoms with Crippen LogP contribution >= 0.6 is 11.6 Å². The van der Waals surface area contributed by atoms with E-state index in [9.17, 15) is 9.90 Å². The summed E-state index contributed by atoms with van der Waals surface area (Å²) >= 11 is 6.68. The molecule has 1 aliphatic rings. The van der Waals surface area contributed by atoms with Crippen molar-refractivity contribution in [3.05, 3.63) is 77.1 Å². The number of rotatable bonds is 4. The Morgan fingerprint density at radius 3 is 2.41 bits per heavy atom. The molecule has 0 spiro atoms. The Bertz CT molecular complexity index is 1210. The first-order chi connectivity index (χ1) is 15.9. The quantitative estimate of drug-likeness (QED) is 0.453. The molecule has 1 atom stereocenters. The number of benzene rings is 2. The number of hydrogen-bond donors (Lipinski definition) is 1. The van der Waals surface area contributed by atoms with Crippen LogP contribution in [0.3, 0.4) is 0 Å². The third-order valence-electron chi connectivity index (χ3n) is 6.66. The molecule has 0 bridgehead atoms. The molecule has 34 heavy (non-hydrogen) atoms. The number of amides is 1. The van der Waals surface area contributed by atoms with Gasteiger partial charge >= 0.3 is 0 Å². The molecule has 0 radical (unpaired) electrons. The molecule has 5 heteroatoms. The third-order valence-corrected chi connectivity index (χ3v) is 6.97. The second-order valence-corrected chi connectivity index (χ2v) is 11.2. The molecule has 1 saturated heterocycles. The maximum atomic E-state index is 13.2. The van der Waals surface area contributed by atoms with Gasteiger partial charge in [0.1, 0.15) is 0 Å². The summed E-state index contributed by atoms with van der Waals surface area (Å²) in [5.74, 6) is -0.0936. The van der Waals surface area contributed by atoms with Gasteiger partial charge in [0.2, 0.25) is 0 Å². The lowest BCUT2D eigenvalue weighted by molar-refractivity contribution is 0.000337. The minimum absolute atomic E-state index is 0.0618. The molecule has 1 amide bonds. The zero-order chi connectivity index (χ0) is 24.7. The van der Waals surface area contributed by atoms with E-state index in [2.05, 4.69) is 56.1 Å². The highest BCUT2D eigenvalue weighted by molar-refractivity contribution is 6.33. The fourth-order valence-corrected chi connectivity index (χ4v) is 4.99. The van der Waals surface area contributed by atoms with Crippen molar-refractivity contribution in [3.63, 3.8) is 0 Å². The highest BCUT2D eigenvalue weighted by atomic mass is 35.5. The Hall–Kier alpha value is -2.69. The first-order valence-corrected chi connectivity index (χ1v) is 12.2. The standard InChI is InChI=1S/C29H33ClN2O2/c1-28(2,3)23-9-6-8-19(15-23)21-14-22(18-31-17-21)24-12-11-20(16-25(24)30)27(33)32-13-7-10-26(32)29(4,5)34/h6,8-9,11-12,14-18,26,34H,7,10,13H2,1-5H3/t26-/m1/s1. The predicted octanol–water partition coefficient (Wildman–Crippen LogP) is 6.74. The van der Waals surface area contributed by atoms with Crippen LogP contribution in [0.1, 0.15) is 63.4 Å². The maximum absolute atomic E-state index is 13.2. The summed E-state index contributed by atoms with van der Waals surface area (Å²) in [6.45, 7) is 10.8. The third kappa shape index (κ3) is 5.03. The molecule has 2 heterocycles. The molecule has 1 fully saturated rings. The SMILES string of the molecule is CC(C)(C)c1cccc(-c2cncc(-c3ccc(C(=O)N4CCC[C@@H]4C(C)(C)O)cc3Cl)c2)c1. The van der Waals surface area contributed by atoms with Crippen LogP contribution in [0.15, 0.2) is 60.9 Å². The second-order valence-electron chi connectivity index (χ2n) is 10.8. The zero-order valence-electron chi connectivity index (χ0n) is 20.6. The van der Waals surface area contributed by atoms with Gasteiger partial charge in [0.05, 0.1) is 11.6 Å². The van der Waals surface area contributed by atoms with Gasteiger partial charge in [0.15, 0.2) is 0 Å². The van der Waals surface area contributed by atoms with Crippen molar-refractivity contribution in [2.45, 2.75) is 64.5 Å². The van der Waals surface area contributed by atoms with E-state index in [1.807, 2.05) is 18.3 Å². The van der Waals surface area contributed by atoms with Crippen molar-refractivity contribution < 1.29 is 9.90 Å². The van der Waals surface area contributed by atoms with E-state index in [1.54, 1.807) is 31.0 Å². The number of nitrogens with zero attached hydrogens (tertiary/aromatic N) is 2. The van der Waals surface area contributed by atoms with Crippen LogP contribution in [-0.2, 0) is 5.41 Å². The molecule has 4 rings (SSSR count). The lowest BCUT2D eigenvalue weighted by Crippen LogP contribution is -2.48. The average Bonchev–Trinajstić information content (AvgIpc) is 3.29. The molecule has 178 valence electrons. The van der Waals surface area contributed by atoms with Crippen LogP contribution in [0.5, 0.6) is 0 Å². The number of hydrogen-bond acceptors (Lipinski definition) is 3. The molecule has 0 aliphatic carbocycles. The van der Waals surface area contributed by atoms with E-state index >= 15 is 0 Å². The predicted molar refractivity (Wildman–Crippen MR) is 139 cm³/mol. The van der Waals surface area contributed by atoms with E-state index in [0.29, 0.717) is 17.1 Å². The van der Waals surface area contributed by atoms with Crippen LogP contribution in [0.2, 0.25) is 5.02 Å². The van der Waals surface area contributed by atoms with Crippen molar-refractivity contribution in [3.8, 4) is 22.3 Å². The van der Waals surface area contributed by atoms with E-state index < -0.39 is 5.60 Å².